The van der Waals surface area contributed by atoms with Crippen molar-refractivity contribution in [2.24, 2.45) is 5.73 Å². The predicted octanol–water partition coefficient (Wildman–Crippen LogP) is 3.00. The van der Waals surface area contributed by atoms with Crippen molar-refractivity contribution >= 4 is 15.9 Å². The molecule has 2 aromatic carbocycles. The van der Waals surface area contributed by atoms with Crippen molar-refractivity contribution in [2.75, 3.05) is 7.11 Å². The van der Waals surface area contributed by atoms with Gasteiger partial charge in [-0.05, 0) is 35.9 Å². The molecule has 0 radical (unpaired) electrons. The third kappa shape index (κ3) is 3.20. The molecule has 3 rings (SSSR count). The van der Waals surface area contributed by atoms with E-state index in [0.29, 0.717) is 17.2 Å². The van der Waals surface area contributed by atoms with Crippen LogP contribution in [0, 0.1) is 0 Å². The Bertz CT molecular complexity index is 834. The fraction of sp³-hybridized carbons (Fsp3) is 0.125. The van der Waals surface area contributed by atoms with Gasteiger partial charge in [0.1, 0.15) is 17.3 Å². The molecule has 4 N–H and O–H groups in total. The second-order valence-electron chi connectivity index (χ2n) is 4.96. The molecule has 3 aromatic rings. The number of aromatic amines is 1. The van der Waals surface area contributed by atoms with Gasteiger partial charge in [-0.25, -0.2) is 4.98 Å². The number of hydrogen-bond acceptors (Lipinski definition) is 5. The van der Waals surface area contributed by atoms with E-state index in [4.69, 9.17) is 10.5 Å². The fourth-order valence-electron chi connectivity index (χ4n) is 2.21. The van der Waals surface area contributed by atoms with Crippen LogP contribution in [0.25, 0.3) is 11.4 Å². The number of nitrogens with one attached hydrogen (secondary N) is 1. The average molecular weight is 375 g/mol. The second-order valence-corrected chi connectivity index (χ2v) is 5.88. The number of phenols is 1. The van der Waals surface area contributed by atoms with Crippen molar-refractivity contribution in [3.63, 3.8) is 0 Å². The molecule has 0 aliphatic carbocycles. The summed E-state index contributed by atoms with van der Waals surface area (Å²) in [6.45, 7) is 0. The van der Waals surface area contributed by atoms with Crippen molar-refractivity contribution in [3.05, 3.63) is 58.3 Å². The molecule has 0 bridgehead atoms. The van der Waals surface area contributed by atoms with Crippen LogP contribution in [0.15, 0.2) is 46.9 Å². The highest BCUT2D eigenvalue weighted by molar-refractivity contribution is 9.10. The summed E-state index contributed by atoms with van der Waals surface area (Å²) in [5.41, 5.74) is 7.62. The molecule has 1 heterocycles. The highest BCUT2D eigenvalue weighted by atomic mass is 79.9. The van der Waals surface area contributed by atoms with E-state index in [1.54, 1.807) is 25.3 Å². The molecular formula is C16H15BrN4O2. The lowest BCUT2D eigenvalue weighted by molar-refractivity contribution is 0.414. The van der Waals surface area contributed by atoms with Crippen LogP contribution in [0.4, 0.5) is 0 Å². The number of aromatic hydroxyl groups is 1. The van der Waals surface area contributed by atoms with Gasteiger partial charge in [0.15, 0.2) is 5.82 Å². The number of aromatic nitrogens is 3. The Balaban J connectivity index is 1.93. The zero-order valence-electron chi connectivity index (χ0n) is 12.3. The van der Waals surface area contributed by atoms with Gasteiger partial charge in [0.25, 0.3) is 0 Å². The molecule has 118 valence electrons. The quantitative estimate of drug-likeness (QED) is 0.651. The standard InChI is InChI=1S/C16H15BrN4O2/c1-23-11-4-2-3-9(7-11)14(18)16-19-15(20-21-16)12-8-10(17)5-6-13(12)22/h2-8,14,22H,18H2,1H3,(H,19,20,21). The van der Waals surface area contributed by atoms with E-state index < -0.39 is 6.04 Å². The lowest BCUT2D eigenvalue weighted by Crippen LogP contribution is -2.13. The van der Waals surface area contributed by atoms with E-state index >= 15 is 0 Å². The number of methoxy groups -OCH3 is 1. The lowest BCUT2D eigenvalue weighted by Gasteiger charge is -2.10. The molecule has 0 amide bonds. The Labute approximate surface area is 141 Å². The van der Waals surface area contributed by atoms with Crippen LogP contribution in [0.1, 0.15) is 17.4 Å². The molecule has 1 aromatic heterocycles. The summed E-state index contributed by atoms with van der Waals surface area (Å²) in [4.78, 5) is 4.40. The molecule has 0 aliphatic heterocycles. The number of H-pyrrole nitrogens is 1. The van der Waals surface area contributed by atoms with Crippen LogP contribution in [0.2, 0.25) is 0 Å². The molecule has 0 saturated heterocycles. The summed E-state index contributed by atoms with van der Waals surface area (Å²) in [7, 11) is 1.60. The van der Waals surface area contributed by atoms with Gasteiger partial charge in [0, 0.05) is 4.47 Å². The van der Waals surface area contributed by atoms with Gasteiger partial charge < -0.3 is 15.6 Å². The number of halogens is 1. The van der Waals surface area contributed by atoms with E-state index in [2.05, 4.69) is 31.1 Å². The first-order valence-corrected chi connectivity index (χ1v) is 7.68. The van der Waals surface area contributed by atoms with Gasteiger partial charge in [0.05, 0.1) is 18.7 Å². The summed E-state index contributed by atoms with van der Waals surface area (Å²) >= 11 is 3.37. The molecular weight excluding hydrogens is 360 g/mol. The minimum Gasteiger partial charge on any atom is -0.507 e. The number of hydrogen-bond donors (Lipinski definition) is 3. The number of nitrogens with two attached hydrogens (primary N) is 1. The number of rotatable bonds is 4. The van der Waals surface area contributed by atoms with Gasteiger partial charge in [0.2, 0.25) is 0 Å². The number of phenolic OH excluding ortho intramolecular Hbond substituents is 1. The van der Waals surface area contributed by atoms with E-state index in [9.17, 15) is 5.11 Å². The Morgan fingerprint density at radius 2 is 2.09 bits per heavy atom. The minimum absolute atomic E-state index is 0.105. The summed E-state index contributed by atoms with van der Waals surface area (Å²) in [6, 6.07) is 12.1. The van der Waals surface area contributed by atoms with Gasteiger partial charge in [-0.2, -0.15) is 5.10 Å². The largest absolute Gasteiger partial charge is 0.507 e. The first kappa shape index (κ1) is 15.5. The van der Waals surface area contributed by atoms with Gasteiger partial charge in [-0.15, -0.1) is 0 Å². The zero-order valence-corrected chi connectivity index (χ0v) is 13.9. The van der Waals surface area contributed by atoms with E-state index in [-0.39, 0.29) is 5.75 Å². The molecule has 0 aliphatic rings. The van der Waals surface area contributed by atoms with Gasteiger partial charge >= 0.3 is 0 Å². The maximum absolute atomic E-state index is 9.96. The zero-order chi connectivity index (χ0) is 16.4. The normalized spacial score (nSPS) is 12.1. The number of ether oxygens (including phenoxy) is 1. The number of benzene rings is 2. The van der Waals surface area contributed by atoms with E-state index in [1.807, 2.05) is 24.3 Å². The van der Waals surface area contributed by atoms with Crippen molar-refractivity contribution in [1.82, 2.24) is 15.2 Å². The third-order valence-corrected chi connectivity index (χ3v) is 3.94. The fourth-order valence-corrected chi connectivity index (χ4v) is 2.58. The average Bonchev–Trinajstić information content (AvgIpc) is 3.06. The molecule has 0 spiro atoms. The van der Waals surface area contributed by atoms with Crippen LogP contribution in [-0.2, 0) is 0 Å². The van der Waals surface area contributed by atoms with Crippen molar-refractivity contribution < 1.29 is 9.84 Å². The first-order valence-electron chi connectivity index (χ1n) is 6.89. The minimum atomic E-state index is -0.472. The molecule has 0 saturated carbocycles. The highest BCUT2D eigenvalue weighted by Crippen LogP contribution is 2.30. The molecule has 6 nitrogen and oxygen atoms in total. The predicted molar refractivity (Wildman–Crippen MR) is 90.2 cm³/mol. The van der Waals surface area contributed by atoms with Crippen molar-refractivity contribution in [2.45, 2.75) is 6.04 Å². The monoisotopic (exact) mass is 374 g/mol. The SMILES string of the molecule is COc1cccc(C(N)c2nc(-c3cc(Br)ccc3O)n[nH]2)c1. The Morgan fingerprint density at radius 3 is 2.87 bits per heavy atom. The topological polar surface area (TPSA) is 97.1 Å². The summed E-state index contributed by atoms with van der Waals surface area (Å²) in [6.07, 6.45) is 0. The Morgan fingerprint density at radius 1 is 1.26 bits per heavy atom. The maximum Gasteiger partial charge on any atom is 0.184 e. The summed E-state index contributed by atoms with van der Waals surface area (Å²) in [5.74, 6) is 1.72. The van der Waals surface area contributed by atoms with E-state index in [1.165, 1.54) is 0 Å². The highest BCUT2D eigenvalue weighted by Gasteiger charge is 2.17. The smallest absolute Gasteiger partial charge is 0.184 e. The van der Waals surface area contributed by atoms with Crippen LogP contribution in [0.3, 0.4) is 0 Å². The summed E-state index contributed by atoms with van der Waals surface area (Å²) in [5, 5.41) is 16.9. The van der Waals surface area contributed by atoms with Gasteiger partial charge in [-0.1, -0.05) is 28.1 Å². The molecule has 23 heavy (non-hydrogen) atoms. The molecule has 1 unspecified atom stereocenters. The Hall–Kier alpha value is -2.38. The Kier molecular flexibility index (Phi) is 4.31. The van der Waals surface area contributed by atoms with Crippen molar-refractivity contribution in [3.8, 4) is 22.9 Å². The lowest BCUT2D eigenvalue weighted by atomic mass is 10.1. The van der Waals surface area contributed by atoms with Crippen LogP contribution >= 0.6 is 15.9 Å². The second kappa shape index (κ2) is 6.39. The molecule has 0 fully saturated rings. The van der Waals surface area contributed by atoms with Crippen LogP contribution < -0.4 is 10.5 Å². The van der Waals surface area contributed by atoms with Gasteiger partial charge in [-0.3, -0.25) is 5.10 Å². The van der Waals surface area contributed by atoms with Crippen LogP contribution in [0.5, 0.6) is 11.5 Å². The third-order valence-electron chi connectivity index (χ3n) is 3.45. The first-order chi connectivity index (χ1) is 11.1. The van der Waals surface area contributed by atoms with Crippen molar-refractivity contribution in [1.29, 1.82) is 0 Å². The molecule has 1 atom stereocenters. The van der Waals surface area contributed by atoms with E-state index in [0.717, 1.165) is 15.8 Å². The molecule has 7 heteroatoms. The van der Waals surface area contributed by atoms with Crippen LogP contribution in [-0.4, -0.2) is 27.4 Å². The number of nitrogens with zero attached hydrogens (tertiary/aromatic N) is 2. The maximum atomic E-state index is 9.96. The summed E-state index contributed by atoms with van der Waals surface area (Å²) < 4.78 is 6.03.